The summed E-state index contributed by atoms with van der Waals surface area (Å²) in [7, 11) is 0. The summed E-state index contributed by atoms with van der Waals surface area (Å²) in [6, 6.07) is 24.0. The van der Waals surface area contributed by atoms with Crippen LogP contribution in [0.25, 0.3) is 22.2 Å². The molecule has 5 aromatic rings. The van der Waals surface area contributed by atoms with Crippen LogP contribution in [0.5, 0.6) is 0 Å². The normalized spacial score (nSPS) is 11.1. The third kappa shape index (κ3) is 4.44. The number of aromatic nitrogens is 2. The van der Waals surface area contributed by atoms with E-state index in [1.165, 1.54) is 0 Å². The third-order valence-electron chi connectivity index (χ3n) is 5.59. The van der Waals surface area contributed by atoms with Crippen LogP contribution < -0.4 is 0 Å². The largest absolute Gasteiger partial charge is 0.456 e. The van der Waals surface area contributed by atoms with Gasteiger partial charge in [0.15, 0.2) is 17.3 Å². The maximum absolute atomic E-state index is 13.1. The van der Waals surface area contributed by atoms with Gasteiger partial charge in [0, 0.05) is 29.1 Å². The third-order valence-corrected chi connectivity index (χ3v) is 5.59. The fourth-order valence-corrected chi connectivity index (χ4v) is 4.04. The van der Waals surface area contributed by atoms with Crippen LogP contribution in [0.4, 0.5) is 0 Å². The first-order valence-electron chi connectivity index (χ1n) is 10.9. The molecule has 0 saturated heterocycles. The second kappa shape index (κ2) is 8.79. The number of carbonyl (C=O) groups is 1. The zero-order chi connectivity index (χ0) is 22.8. The van der Waals surface area contributed by atoms with E-state index in [-0.39, 0.29) is 12.3 Å². The van der Waals surface area contributed by atoms with E-state index in [0.717, 1.165) is 38.7 Å². The molecule has 0 atom stereocenters. The van der Waals surface area contributed by atoms with Gasteiger partial charge in [0.05, 0.1) is 0 Å². The summed E-state index contributed by atoms with van der Waals surface area (Å²) in [5.41, 5.74) is 6.22. The zero-order valence-corrected chi connectivity index (χ0v) is 18.6. The molecule has 0 amide bonds. The molecule has 0 unspecified atom stereocenters. The molecular formula is C28H24N2O3. The van der Waals surface area contributed by atoms with Gasteiger partial charge in [0.2, 0.25) is 0 Å². The van der Waals surface area contributed by atoms with Crippen molar-refractivity contribution in [3.8, 4) is 11.3 Å². The van der Waals surface area contributed by atoms with Gasteiger partial charge >= 0.3 is 5.97 Å². The van der Waals surface area contributed by atoms with E-state index in [1.54, 1.807) is 0 Å². The number of esters is 1. The summed E-state index contributed by atoms with van der Waals surface area (Å²) in [5, 5.41) is 0.962. The number of hydrogen-bond acceptors (Lipinski definition) is 4. The summed E-state index contributed by atoms with van der Waals surface area (Å²) < 4.78 is 11.8. The lowest BCUT2D eigenvalue weighted by atomic mass is 10.1. The van der Waals surface area contributed by atoms with Gasteiger partial charge in [-0.05, 0) is 31.0 Å². The summed E-state index contributed by atoms with van der Waals surface area (Å²) in [5.74, 6) is 0.392. The van der Waals surface area contributed by atoms with Crippen molar-refractivity contribution in [3.05, 3.63) is 113 Å². The molecule has 0 aliphatic heterocycles. The lowest BCUT2D eigenvalue weighted by Crippen LogP contribution is -2.07. The second-order valence-electron chi connectivity index (χ2n) is 8.26. The minimum atomic E-state index is -0.504. The summed E-state index contributed by atoms with van der Waals surface area (Å²) in [6.45, 7) is 4.23. The maximum Gasteiger partial charge on any atom is 0.361 e. The Morgan fingerprint density at radius 1 is 0.939 bits per heavy atom. The van der Waals surface area contributed by atoms with Gasteiger partial charge in [0.25, 0.3) is 0 Å². The van der Waals surface area contributed by atoms with Crippen molar-refractivity contribution in [2.24, 2.45) is 0 Å². The quantitative estimate of drug-likeness (QED) is 0.313. The predicted octanol–water partition coefficient (Wildman–Crippen LogP) is 6.39. The number of H-pyrrole nitrogens is 1. The number of benzene rings is 3. The highest BCUT2D eigenvalue weighted by molar-refractivity contribution is 6.01. The Morgan fingerprint density at radius 2 is 1.67 bits per heavy atom. The molecule has 5 rings (SSSR count). The van der Waals surface area contributed by atoms with E-state index in [2.05, 4.69) is 16.0 Å². The van der Waals surface area contributed by atoms with E-state index in [4.69, 9.17) is 9.15 Å². The van der Waals surface area contributed by atoms with Crippen LogP contribution in [0.2, 0.25) is 0 Å². The molecule has 0 saturated carbocycles. The Kier molecular flexibility index (Phi) is 5.53. The Balaban J connectivity index is 1.50. The van der Waals surface area contributed by atoms with E-state index in [0.29, 0.717) is 18.1 Å². The molecular weight excluding hydrogens is 412 g/mol. The number of nitrogens with one attached hydrogen (secondary N) is 1. The monoisotopic (exact) mass is 436 g/mol. The van der Waals surface area contributed by atoms with Gasteiger partial charge in [0.1, 0.15) is 6.61 Å². The Labute approximate surface area is 192 Å². The van der Waals surface area contributed by atoms with Crippen LogP contribution in [-0.2, 0) is 17.8 Å². The van der Waals surface area contributed by atoms with E-state index >= 15 is 0 Å². The zero-order valence-electron chi connectivity index (χ0n) is 18.6. The summed E-state index contributed by atoms with van der Waals surface area (Å²) >= 11 is 0. The van der Waals surface area contributed by atoms with E-state index < -0.39 is 5.97 Å². The van der Waals surface area contributed by atoms with Crippen molar-refractivity contribution in [3.63, 3.8) is 0 Å². The number of aromatic amines is 1. The molecule has 0 bridgehead atoms. The number of carbonyl (C=O) groups excluding carboxylic acids is 1. The molecule has 5 heteroatoms. The van der Waals surface area contributed by atoms with Crippen LogP contribution in [0.3, 0.4) is 0 Å². The lowest BCUT2D eigenvalue weighted by Gasteiger charge is -2.05. The van der Waals surface area contributed by atoms with Gasteiger partial charge in [-0.2, -0.15) is 0 Å². The molecule has 164 valence electrons. The fourth-order valence-electron chi connectivity index (χ4n) is 4.04. The van der Waals surface area contributed by atoms with Gasteiger partial charge in [-0.1, -0.05) is 77.9 Å². The molecule has 0 spiro atoms. The van der Waals surface area contributed by atoms with Crippen LogP contribution in [-0.4, -0.2) is 15.9 Å². The number of rotatable bonds is 6. The molecule has 5 nitrogen and oxygen atoms in total. The van der Waals surface area contributed by atoms with Gasteiger partial charge < -0.3 is 14.1 Å². The molecule has 0 aliphatic rings. The average molecular weight is 437 g/mol. The molecule has 0 fully saturated rings. The van der Waals surface area contributed by atoms with Crippen molar-refractivity contribution in [1.82, 2.24) is 9.97 Å². The highest BCUT2D eigenvalue weighted by atomic mass is 16.5. The number of oxazole rings is 1. The van der Waals surface area contributed by atoms with Gasteiger partial charge in [-0.25, -0.2) is 9.78 Å². The fraction of sp³-hybridized carbons (Fsp3) is 0.143. The van der Waals surface area contributed by atoms with Crippen molar-refractivity contribution in [1.29, 1.82) is 0 Å². The maximum atomic E-state index is 13.1. The van der Waals surface area contributed by atoms with Crippen LogP contribution >= 0.6 is 0 Å². The first kappa shape index (κ1) is 20.8. The molecule has 2 aromatic heterocycles. The van der Waals surface area contributed by atoms with E-state index in [1.807, 2.05) is 86.8 Å². The summed E-state index contributed by atoms with van der Waals surface area (Å²) in [4.78, 5) is 20.9. The second-order valence-corrected chi connectivity index (χ2v) is 8.26. The van der Waals surface area contributed by atoms with Crippen molar-refractivity contribution >= 4 is 16.9 Å². The average Bonchev–Trinajstić information content (AvgIpc) is 3.41. The number of ether oxygens (including phenoxy) is 1. The number of hydrogen-bond donors (Lipinski definition) is 1. The number of para-hydroxylation sites is 1. The first-order valence-corrected chi connectivity index (χ1v) is 10.9. The van der Waals surface area contributed by atoms with Crippen LogP contribution in [0, 0.1) is 13.8 Å². The Bertz CT molecular complexity index is 1440. The molecule has 2 heterocycles. The molecule has 0 radical (unpaired) electrons. The highest BCUT2D eigenvalue weighted by Crippen LogP contribution is 2.33. The van der Waals surface area contributed by atoms with Crippen molar-refractivity contribution in [2.45, 2.75) is 26.9 Å². The summed E-state index contributed by atoms with van der Waals surface area (Å²) in [6.07, 6.45) is 2.33. The topological polar surface area (TPSA) is 68.1 Å². The molecule has 33 heavy (non-hydrogen) atoms. The number of fused-ring (bicyclic) bond motifs is 1. The smallest absolute Gasteiger partial charge is 0.361 e. The number of aryl methyl sites for hydroxylation is 2. The standard InChI is InChI=1S/C28H24N2O3/c1-18-7-5-9-20(13-18)15-25-30-26(28(31)32-17-21-10-6-8-19(2)14-21)27(33-25)23-16-29-24-12-4-3-11-22(23)24/h3-14,16,29H,15,17H2,1-2H3. The Hall–Kier alpha value is -4.12. The van der Waals surface area contributed by atoms with Crippen LogP contribution in [0.15, 0.2) is 83.4 Å². The minimum Gasteiger partial charge on any atom is -0.456 e. The van der Waals surface area contributed by atoms with Crippen molar-refractivity contribution < 1.29 is 13.9 Å². The van der Waals surface area contributed by atoms with Gasteiger partial charge in [-0.3, -0.25) is 0 Å². The van der Waals surface area contributed by atoms with Crippen molar-refractivity contribution in [2.75, 3.05) is 0 Å². The predicted molar refractivity (Wildman–Crippen MR) is 128 cm³/mol. The number of nitrogens with zero attached hydrogens (tertiary/aromatic N) is 1. The minimum absolute atomic E-state index is 0.175. The lowest BCUT2D eigenvalue weighted by molar-refractivity contribution is 0.0466. The Morgan fingerprint density at radius 3 is 2.45 bits per heavy atom. The van der Waals surface area contributed by atoms with Gasteiger partial charge in [-0.15, -0.1) is 0 Å². The molecule has 3 aromatic carbocycles. The van der Waals surface area contributed by atoms with Crippen LogP contribution in [0.1, 0.15) is 38.6 Å². The molecule has 1 N–H and O–H groups in total. The first-order chi connectivity index (χ1) is 16.1. The van der Waals surface area contributed by atoms with E-state index in [9.17, 15) is 4.79 Å². The highest BCUT2D eigenvalue weighted by Gasteiger charge is 2.25. The SMILES string of the molecule is Cc1cccc(COC(=O)c2nc(Cc3cccc(C)c3)oc2-c2c[nH]c3ccccc23)c1. The molecule has 0 aliphatic carbocycles.